The number of likely N-dealkylation sites (tertiary alicyclic amines) is 1. The van der Waals surface area contributed by atoms with Gasteiger partial charge in [-0.25, -0.2) is 9.18 Å². The smallest absolute Gasteiger partial charge is 0.406 e. The molecular weight excluding hydrogens is 515 g/mol. The number of carbonyl (C=O) groups is 3. The average Bonchev–Trinajstić information content (AvgIpc) is 2.97. The van der Waals surface area contributed by atoms with E-state index in [4.69, 9.17) is 11.5 Å². The lowest BCUT2D eigenvalue weighted by Crippen LogP contribution is -2.52. The van der Waals surface area contributed by atoms with Gasteiger partial charge in [-0.1, -0.05) is 43.3 Å². The van der Waals surface area contributed by atoms with E-state index >= 15 is 4.39 Å². The number of amides is 3. The van der Waals surface area contributed by atoms with Crippen LogP contribution in [0.5, 0.6) is 0 Å². The molecule has 0 bridgehead atoms. The number of aliphatic hydroxyl groups is 1. The van der Waals surface area contributed by atoms with Gasteiger partial charge in [-0.05, 0) is 61.3 Å². The summed E-state index contributed by atoms with van der Waals surface area (Å²) >= 11 is 0. The maximum atomic E-state index is 15.6. The minimum atomic E-state index is -1.52. The van der Waals surface area contributed by atoms with Crippen molar-refractivity contribution in [2.24, 2.45) is 17.4 Å². The summed E-state index contributed by atoms with van der Waals surface area (Å²) in [6.07, 6.45) is 2.16. The third-order valence-electron chi connectivity index (χ3n) is 7.72. The molecule has 0 spiro atoms. The molecule has 9 nitrogen and oxygen atoms in total. The minimum Gasteiger partial charge on any atom is -0.453 e. The van der Waals surface area contributed by atoms with Gasteiger partial charge in [0.15, 0.2) is 0 Å². The van der Waals surface area contributed by atoms with Crippen LogP contribution in [0, 0.1) is 11.7 Å². The van der Waals surface area contributed by atoms with Crippen LogP contribution in [0.15, 0.2) is 42.5 Å². The maximum Gasteiger partial charge on any atom is 0.406 e. The molecule has 40 heavy (non-hydrogen) atoms. The number of nitrogens with one attached hydrogen (secondary N) is 1. The molecule has 1 heterocycles. The Bertz CT molecular complexity index is 1190. The Morgan fingerprint density at radius 2 is 2.00 bits per heavy atom. The van der Waals surface area contributed by atoms with Crippen LogP contribution in [0.4, 0.5) is 9.18 Å². The lowest BCUT2D eigenvalue weighted by atomic mass is 9.72. The summed E-state index contributed by atoms with van der Waals surface area (Å²) in [7, 11) is 1.27. The molecule has 2 unspecified atom stereocenters. The molecule has 3 rings (SSSR count). The van der Waals surface area contributed by atoms with Gasteiger partial charge in [-0.2, -0.15) is 0 Å². The van der Waals surface area contributed by atoms with E-state index in [0.29, 0.717) is 42.5 Å². The Hall–Kier alpha value is -3.50. The summed E-state index contributed by atoms with van der Waals surface area (Å²) in [5, 5.41) is 15.1. The lowest BCUT2D eigenvalue weighted by Gasteiger charge is -2.44. The Morgan fingerprint density at radius 1 is 1.25 bits per heavy atom. The number of primary amides is 1. The molecule has 1 aliphatic heterocycles. The molecule has 1 saturated heterocycles. The molecule has 0 saturated carbocycles. The van der Waals surface area contributed by atoms with Crippen molar-refractivity contribution in [3.63, 3.8) is 0 Å². The Labute approximate surface area is 235 Å². The van der Waals surface area contributed by atoms with Crippen molar-refractivity contribution < 1.29 is 28.6 Å². The second kappa shape index (κ2) is 14.2. The van der Waals surface area contributed by atoms with E-state index in [1.807, 2.05) is 31.2 Å². The standard InChI is InChI=1S/C30H41FN4O5/c1-3-20-8-4-9-21(18-20)27-23(11-5-12-24(27)31)30(39,15-7-16-34-29(38)40-2)22-10-6-17-35(19-22)28(37)25(32)13-14-26(33)36/h4-5,8-9,11-12,18,22,25,39H,3,6-7,10,13-17,19,32H2,1-2H3,(H2,33,36)(H,34,38)/t22?,25-,30?/m0/s1. The number of hydrogen-bond donors (Lipinski definition) is 4. The molecule has 6 N–H and O–H groups in total. The number of ether oxygens (including phenoxy) is 1. The van der Waals surface area contributed by atoms with Crippen LogP contribution < -0.4 is 16.8 Å². The van der Waals surface area contributed by atoms with E-state index in [1.54, 1.807) is 17.0 Å². The number of methoxy groups -OCH3 is 1. The molecule has 0 aliphatic carbocycles. The van der Waals surface area contributed by atoms with Crippen molar-refractivity contribution in [3.05, 3.63) is 59.4 Å². The number of aryl methyl sites for hydroxylation is 1. The molecule has 3 atom stereocenters. The summed E-state index contributed by atoms with van der Waals surface area (Å²) < 4.78 is 20.2. The van der Waals surface area contributed by atoms with Crippen molar-refractivity contribution in [1.82, 2.24) is 10.2 Å². The van der Waals surface area contributed by atoms with Gasteiger partial charge in [0.05, 0.1) is 18.8 Å². The first-order chi connectivity index (χ1) is 19.1. The third kappa shape index (κ3) is 7.57. The highest BCUT2D eigenvalue weighted by molar-refractivity contribution is 5.83. The maximum absolute atomic E-state index is 15.6. The quantitative estimate of drug-likeness (QED) is 0.295. The predicted molar refractivity (Wildman–Crippen MR) is 150 cm³/mol. The second-order valence-electron chi connectivity index (χ2n) is 10.4. The highest BCUT2D eigenvalue weighted by Gasteiger charge is 2.43. The van der Waals surface area contributed by atoms with E-state index in [1.165, 1.54) is 13.2 Å². The summed E-state index contributed by atoms with van der Waals surface area (Å²) in [6, 6.07) is 11.4. The second-order valence-corrected chi connectivity index (χ2v) is 10.4. The Kier molecular flexibility index (Phi) is 11.0. The fourth-order valence-corrected chi connectivity index (χ4v) is 5.53. The fraction of sp³-hybridized carbons (Fsp3) is 0.500. The van der Waals surface area contributed by atoms with Crippen LogP contribution in [0.25, 0.3) is 11.1 Å². The topological polar surface area (TPSA) is 148 Å². The van der Waals surface area contributed by atoms with Crippen molar-refractivity contribution in [1.29, 1.82) is 0 Å². The molecule has 2 aromatic carbocycles. The van der Waals surface area contributed by atoms with Crippen LogP contribution in [-0.2, 0) is 26.3 Å². The molecule has 10 heteroatoms. The normalized spacial score (nSPS) is 17.5. The summed E-state index contributed by atoms with van der Waals surface area (Å²) in [5.74, 6) is -1.72. The van der Waals surface area contributed by atoms with Crippen LogP contribution in [-0.4, -0.2) is 60.7 Å². The fourth-order valence-electron chi connectivity index (χ4n) is 5.53. The van der Waals surface area contributed by atoms with Crippen LogP contribution in [0.3, 0.4) is 0 Å². The van der Waals surface area contributed by atoms with Crippen molar-refractivity contribution >= 4 is 17.9 Å². The van der Waals surface area contributed by atoms with E-state index in [0.717, 1.165) is 12.0 Å². The van der Waals surface area contributed by atoms with E-state index in [2.05, 4.69) is 10.1 Å². The lowest BCUT2D eigenvalue weighted by molar-refractivity contribution is -0.138. The van der Waals surface area contributed by atoms with Gasteiger partial charge < -0.3 is 31.5 Å². The average molecular weight is 557 g/mol. The molecule has 2 aromatic rings. The van der Waals surface area contributed by atoms with Crippen molar-refractivity contribution in [2.75, 3.05) is 26.7 Å². The molecule has 3 amide bonds. The monoisotopic (exact) mass is 556 g/mol. The van der Waals surface area contributed by atoms with Crippen molar-refractivity contribution in [2.45, 2.75) is 63.5 Å². The molecule has 1 aliphatic rings. The Morgan fingerprint density at radius 3 is 2.70 bits per heavy atom. The summed E-state index contributed by atoms with van der Waals surface area (Å²) in [5.41, 5.74) is 12.3. The zero-order valence-electron chi connectivity index (χ0n) is 23.3. The summed E-state index contributed by atoms with van der Waals surface area (Å²) in [6.45, 7) is 2.95. The number of nitrogens with two attached hydrogens (primary N) is 2. The number of carbonyl (C=O) groups excluding carboxylic acids is 3. The third-order valence-corrected chi connectivity index (χ3v) is 7.72. The summed E-state index contributed by atoms with van der Waals surface area (Å²) in [4.78, 5) is 37.6. The number of rotatable bonds is 12. The highest BCUT2D eigenvalue weighted by atomic mass is 19.1. The molecule has 1 fully saturated rings. The van der Waals surface area contributed by atoms with Gasteiger partial charge in [0, 0.05) is 37.5 Å². The molecular formula is C30H41FN4O5. The molecule has 218 valence electrons. The van der Waals surface area contributed by atoms with Gasteiger partial charge >= 0.3 is 6.09 Å². The SMILES string of the molecule is CCc1cccc(-c2c(F)cccc2C(O)(CCCNC(=O)OC)C2CCCN(C(=O)[C@@H](N)CCC(N)=O)C2)c1. The zero-order chi connectivity index (χ0) is 29.3. The number of alkyl carbamates (subject to hydrolysis) is 1. The first-order valence-corrected chi connectivity index (χ1v) is 13.9. The number of piperidine rings is 1. The minimum absolute atomic E-state index is 0.00475. The highest BCUT2D eigenvalue weighted by Crippen LogP contribution is 2.44. The first kappa shape index (κ1) is 31.0. The van der Waals surface area contributed by atoms with Crippen LogP contribution >= 0.6 is 0 Å². The van der Waals surface area contributed by atoms with Crippen molar-refractivity contribution in [3.8, 4) is 11.1 Å². The van der Waals surface area contributed by atoms with Crippen LogP contribution in [0.2, 0.25) is 0 Å². The van der Waals surface area contributed by atoms with E-state index in [9.17, 15) is 19.5 Å². The van der Waals surface area contributed by atoms with Crippen LogP contribution in [0.1, 0.15) is 56.6 Å². The van der Waals surface area contributed by atoms with E-state index in [-0.39, 0.29) is 38.3 Å². The van der Waals surface area contributed by atoms with Gasteiger partial charge in [0.25, 0.3) is 0 Å². The molecule has 0 aromatic heterocycles. The van der Waals surface area contributed by atoms with Gasteiger partial charge in [0.2, 0.25) is 11.8 Å². The Balaban J connectivity index is 1.99. The molecule has 0 radical (unpaired) electrons. The van der Waals surface area contributed by atoms with E-state index < -0.39 is 35.4 Å². The number of nitrogens with zero attached hydrogens (tertiary/aromatic N) is 1. The van der Waals surface area contributed by atoms with Gasteiger partial charge in [0.1, 0.15) is 5.82 Å². The number of halogens is 1. The number of hydrogen-bond acceptors (Lipinski definition) is 6. The largest absolute Gasteiger partial charge is 0.453 e. The zero-order valence-corrected chi connectivity index (χ0v) is 23.3. The number of benzene rings is 2. The van der Waals surface area contributed by atoms with Gasteiger partial charge in [-0.3, -0.25) is 9.59 Å². The first-order valence-electron chi connectivity index (χ1n) is 13.9. The van der Waals surface area contributed by atoms with Gasteiger partial charge in [-0.15, -0.1) is 0 Å². The predicted octanol–water partition coefficient (Wildman–Crippen LogP) is 3.21.